The van der Waals surface area contributed by atoms with Crippen LogP contribution in [0.5, 0.6) is 0 Å². The first-order chi connectivity index (χ1) is 8.58. The summed E-state index contributed by atoms with van der Waals surface area (Å²) in [5, 5.41) is 12.5. The summed E-state index contributed by atoms with van der Waals surface area (Å²) in [7, 11) is 0. The number of carboxylic acids is 1. The lowest BCUT2D eigenvalue weighted by molar-refractivity contribution is 0.0697. The van der Waals surface area contributed by atoms with Gasteiger partial charge in [0.2, 0.25) is 0 Å². The predicted octanol–water partition coefficient (Wildman–Crippen LogP) is 2.88. The molecule has 0 bridgehead atoms. The molecule has 0 aromatic heterocycles. The maximum Gasteiger partial charge on any atom is 0.335 e. The van der Waals surface area contributed by atoms with E-state index in [4.69, 9.17) is 21.4 Å². The van der Waals surface area contributed by atoms with E-state index in [1.165, 1.54) is 6.07 Å². The molecule has 1 heterocycles. The van der Waals surface area contributed by atoms with E-state index >= 15 is 0 Å². The van der Waals surface area contributed by atoms with Crippen LogP contribution in [-0.2, 0) is 4.74 Å². The van der Waals surface area contributed by atoms with Crippen molar-refractivity contribution in [2.45, 2.75) is 19.4 Å². The molecule has 2 rings (SSSR count). The molecule has 0 radical (unpaired) electrons. The van der Waals surface area contributed by atoms with E-state index in [1.54, 1.807) is 12.1 Å². The van der Waals surface area contributed by atoms with Crippen LogP contribution in [0.15, 0.2) is 18.2 Å². The van der Waals surface area contributed by atoms with Crippen molar-refractivity contribution < 1.29 is 14.6 Å². The molecule has 1 saturated heterocycles. The van der Waals surface area contributed by atoms with Crippen LogP contribution in [-0.4, -0.2) is 30.3 Å². The van der Waals surface area contributed by atoms with Crippen LogP contribution in [0.1, 0.15) is 23.7 Å². The Labute approximate surface area is 111 Å². The lowest BCUT2D eigenvalue weighted by Crippen LogP contribution is -2.20. The minimum absolute atomic E-state index is 0.197. The van der Waals surface area contributed by atoms with E-state index in [2.05, 4.69) is 12.2 Å². The summed E-state index contributed by atoms with van der Waals surface area (Å²) in [5.74, 6) is -0.499. The fraction of sp³-hybridized carbons (Fsp3) is 0.462. The van der Waals surface area contributed by atoms with E-state index in [1.807, 2.05) is 0 Å². The number of ether oxygens (including phenoxy) is 1. The van der Waals surface area contributed by atoms with Gasteiger partial charge in [0, 0.05) is 19.1 Å². The highest BCUT2D eigenvalue weighted by atomic mass is 35.5. The van der Waals surface area contributed by atoms with E-state index in [0.717, 1.165) is 25.3 Å². The van der Waals surface area contributed by atoms with Gasteiger partial charge in [-0.1, -0.05) is 11.6 Å². The molecule has 1 aromatic carbocycles. The zero-order valence-electron chi connectivity index (χ0n) is 10.1. The lowest BCUT2D eigenvalue weighted by atomic mass is 10.0. The predicted molar refractivity (Wildman–Crippen MR) is 70.4 cm³/mol. The molecular weight excluding hydrogens is 254 g/mol. The molecule has 5 heteroatoms. The van der Waals surface area contributed by atoms with Crippen LogP contribution in [0, 0.1) is 5.92 Å². The molecule has 2 N–H and O–H groups in total. The van der Waals surface area contributed by atoms with Crippen LogP contribution in [0.3, 0.4) is 0 Å². The Hall–Kier alpha value is -1.26. The lowest BCUT2D eigenvalue weighted by Gasteiger charge is -2.16. The van der Waals surface area contributed by atoms with Gasteiger partial charge in [-0.05, 0) is 31.5 Å². The fourth-order valence-corrected chi connectivity index (χ4v) is 2.32. The van der Waals surface area contributed by atoms with Gasteiger partial charge in [-0.3, -0.25) is 0 Å². The number of nitrogens with one attached hydrogen (secondary N) is 1. The molecule has 98 valence electrons. The number of anilines is 1. The van der Waals surface area contributed by atoms with Crippen molar-refractivity contribution >= 4 is 23.3 Å². The van der Waals surface area contributed by atoms with Gasteiger partial charge in [-0.15, -0.1) is 0 Å². The molecule has 1 aromatic rings. The van der Waals surface area contributed by atoms with Gasteiger partial charge in [0.15, 0.2) is 0 Å². The number of hydrogen-bond acceptors (Lipinski definition) is 3. The molecule has 2 unspecified atom stereocenters. The third-order valence-electron chi connectivity index (χ3n) is 3.30. The first kappa shape index (κ1) is 13.2. The van der Waals surface area contributed by atoms with Crippen LogP contribution in [0.25, 0.3) is 0 Å². The average Bonchev–Trinajstić information content (AvgIpc) is 2.73. The second-order valence-electron chi connectivity index (χ2n) is 4.51. The Bertz CT molecular complexity index is 450. The fourth-order valence-electron chi connectivity index (χ4n) is 2.08. The SMILES string of the molecule is CC1OCCC1CNc1ccc(C(=O)O)cc1Cl. The first-order valence-corrected chi connectivity index (χ1v) is 6.34. The zero-order valence-corrected chi connectivity index (χ0v) is 10.9. The van der Waals surface area contributed by atoms with Gasteiger partial charge >= 0.3 is 5.97 Å². The molecule has 4 nitrogen and oxygen atoms in total. The van der Waals surface area contributed by atoms with Crippen LogP contribution >= 0.6 is 11.6 Å². The third-order valence-corrected chi connectivity index (χ3v) is 3.62. The molecule has 1 aliphatic rings. The van der Waals surface area contributed by atoms with Crippen molar-refractivity contribution in [1.82, 2.24) is 0 Å². The Kier molecular flexibility index (Phi) is 4.09. The maximum atomic E-state index is 10.8. The molecular formula is C13H16ClNO3. The summed E-state index contributed by atoms with van der Waals surface area (Å²) in [4.78, 5) is 10.8. The highest BCUT2D eigenvalue weighted by Crippen LogP contribution is 2.25. The molecule has 1 fully saturated rings. The standard InChI is InChI=1S/C13H16ClNO3/c1-8-10(4-5-18-8)7-15-12-3-2-9(13(16)17)6-11(12)14/h2-3,6,8,10,15H,4-5,7H2,1H3,(H,16,17). The molecule has 0 spiro atoms. The van der Waals surface area contributed by atoms with Crippen LogP contribution in [0.4, 0.5) is 5.69 Å². The summed E-state index contributed by atoms with van der Waals surface area (Å²) >= 11 is 6.04. The Balaban J connectivity index is 1.99. The van der Waals surface area contributed by atoms with E-state index in [9.17, 15) is 4.79 Å². The molecule has 18 heavy (non-hydrogen) atoms. The topological polar surface area (TPSA) is 58.6 Å². The van der Waals surface area contributed by atoms with Crippen LogP contribution in [0.2, 0.25) is 5.02 Å². The van der Waals surface area contributed by atoms with Crippen molar-refractivity contribution in [2.75, 3.05) is 18.5 Å². The highest BCUT2D eigenvalue weighted by Gasteiger charge is 2.23. The number of carbonyl (C=O) groups is 1. The Morgan fingerprint density at radius 2 is 2.39 bits per heavy atom. The Morgan fingerprint density at radius 3 is 2.94 bits per heavy atom. The van der Waals surface area contributed by atoms with Gasteiger partial charge in [0.1, 0.15) is 0 Å². The summed E-state index contributed by atoms with van der Waals surface area (Å²) in [5.41, 5.74) is 0.962. The van der Waals surface area contributed by atoms with E-state index in [0.29, 0.717) is 10.9 Å². The number of carboxylic acid groups (broad SMARTS) is 1. The maximum absolute atomic E-state index is 10.8. The quantitative estimate of drug-likeness (QED) is 0.882. The number of hydrogen-bond donors (Lipinski definition) is 2. The van der Waals surface area contributed by atoms with Crippen molar-refractivity contribution in [3.63, 3.8) is 0 Å². The van der Waals surface area contributed by atoms with E-state index < -0.39 is 5.97 Å². The number of benzene rings is 1. The molecule has 1 aliphatic heterocycles. The first-order valence-electron chi connectivity index (χ1n) is 5.96. The van der Waals surface area contributed by atoms with E-state index in [-0.39, 0.29) is 11.7 Å². The average molecular weight is 270 g/mol. The van der Waals surface area contributed by atoms with Crippen molar-refractivity contribution in [1.29, 1.82) is 0 Å². The molecule has 0 amide bonds. The van der Waals surface area contributed by atoms with Gasteiger partial charge < -0.3 is 15.2 Å². The number of halogens is 1. The normalized spacial score (nSPS) is 23.0. The third kappa shape index (κ3) is 2.94. The smallest absolute Gasteiger partial charge is 0.335 e. The van der Waals surface area contributed by atoms with Gasteiger partial charge in [-0.25, -0.2) is 4.79 Å². The molecule has 0 aliphatic carbocycles. The Morgan fingerprint density at radius 1 is 1.61 bits per heavy atom. The van der Waals surface area contributed by atoms with Gasteiger partial charge in [-0.2, -0.15) is 0 Å². The van der Waals surface area contributed by atoms with Gasteiger partial charge in [0.25, 0.3) is 0 Å². The number of aromatic carboxylic acids is 1. The summed E-state index contributed by atoms with van der Waals surface area (Å²) in [6.45, 7) is 3.65. The van der Waals surface area contributed by atoms with Crippen molar-refractivity contribution in [3.05, 3.63) is 28.8 Å². The second-order valence-corrected chi connectivity index (χ2v) is 4.91. The minimum atomic E-state index is -0.971. The highest BCUT2D eigenvalue weighted by molar-refractivity contribution is 6.33. The summed E-state index contributed by atoms with van der Waals surface area (Å²) < 4.78 is 5.48. The van der Waals surface area contributed by atoms with Gasteiger partial charge in [0.05, 0.1) is 22.4 Å². The monoisotopic (exact) mass is 269 g/mol. The largest absolute Gasteiger partial charge is 0.478 e. The summed E-state index contributed by atoms with van der Waals surface area (Å²) in [6.07, 6.45) is 1.30. The molecule has 2 atom stereocenters. The van der Waals surface area contributed by atoms with Crippen molar-refractivity contribution in [2.24, 2.45) is 5.92 Å². The van der Waals surface area contributed by atoms with Crippen LogP contribution < -0.4 is 5.32 Å². The summed E-state index contributed by atoms with van der Waals surface area (Å²) in [6, 6.07) is 4.71. The number of rotatable bonds is 4. The molecule has 0 saturated carbocycles. The van der Waals surface area contributed by atoms with Crippen molar-refractivity contribution in [3.8, 4) is 0 Å². The second kappa shape index (κ2) is 5.59. The zero-order chi connectivity index (χ0) is 13.1. The minimum Gasteiger partial charge on any atom is -0.478 e.